The predicted octanol–water partition coefficient (Wildman–Crippen LogP) is 7.01. The molecule has 0 bridgehead atoms. The van der Waals surface area contributed by atoms with Gasteiger partial charge < -0.3 is 35.6 Å². The standard InChI is InChI=1S/C28H30O10.C7H13BrN2O2.ClH/c1-13(2)11-37-15(5)17-7-9-19(23(27(33)34)21(17)25(29)30)20-10-8-18(16(6)38-12-14(3)4)22(26(31)32)24(20)28(35)36;1-3-7(8,4-2)5(11)10-6(9)12;/h7-10,15-16H,1,3,11-12H2,2,4-6H3,(H,29,30)(H,31,32)(H,33,34)(H,35,36);3-4H2,1-2H3,(H3,9,10,11,12);1H. The molecule has 0 aliphatic heterocycles. The number of primary amides is 1. The Labute approximate surface area is 310 Å². The molecule has 16 heteroatoms. The van der Waals surface area contributed by atoms with Crippen LogP contribution in [0.15, 0.2) is 48.6 Å². The fraction of sp³-hybridized carbons (Fsp3) is 0.371. The van der Waals surface area contributed by atoms with E-state index in [1.165, 1.54) is 24.3 Å². The van der Waals surface area contributed by atoms with Crippen LogP contribution in [0, 0.1) is 0 Å². The lowest BCUT2D eigenvalue weighted by Gasteiger charge is -2.22. The zero-order valence-corrected chi connectivity index (χ0v) is 31.5. The average molecular weight is 800 g/mol. The molecule has 51 heavy (non-hydrogen) atoms. The summed E-state index contributed by atoms with van der Waals surface area (Å²) in [6.07, 6.45) is -0.454. The van der Waals surface area contributed by atoms with Crippen LogP contribution in [0.3, 0.4) is 0 Å². The van der Waals surface area contributed by atoms with E-state index in [0.717, 1.165) is 0 Å². The molecule has 2 aromatic rings. The number of carbonyl (C=O) groups excluding carboxylic acids is 2. The molecule has 2 aromatic carbocycles. The highest BCUT2D eigenvalue weighted by Gasteiger charge is 2.33. The number of carboxylic acids is 4. The molecule has 2 atom stereocenters. The van der Waals surface area contributed by atoms with Crippen LogP contribution >= 0.6 is 28.3 Å². The Morgan fingerprint density at radius 2 is 1.04 bits per heavy atom. The summed E-state index contributed by atoms with van der Waals surface area (Å²) in [5.74, 6) is -6.79. The van der Waals surface area contributed by atoms with Crippen LogP contribution in [0.25, 0.3) is 11.1 Å². The first-order chi connectivity index (χ1) is 23.1. The number of hydrogen-bond acceptors (Lipinski definition) is 8. The molecular weight excluding hydrogens is 756 g/mol. The monoisotopic (exact) mass is 798 g/mol. The number of imide groups is 1. The summed E-state index contributed by atoms with van der Waals surface area (Å²) in [6.45, 7) is 17.8. The summed E-state index contributed by atoms with van der Waals surface area (Å²) in [5, 5.41) is 42.1. The minimum atomic E-state index is -1.64. The normalized spacial score (nSPS) is 11.8. The van der Waals surface area contributed by atoms with E-state index in [0.29, 0.717) is 24.0 Å². The third-order valence-corrected chi connectivity index (χ3v) is 8.90. The number of hydrogen-bond donors (Lipinski definition) is 6. The molecule has 0 heterocycles. The molecule has 14 nitrogen and oxygen atoms in total. The minimum Gasteiger partial charge on any atom is -0.478 e. The third kappa shape index (κ3) is 12.3. The molecule has 3 amide bonds. The van der Waals surface area contributed by atoms with Crippen molar-refractivity contribution in [2.45, 2.75) is 70.9 Å². The smallest absolute Gasteiger partial charge is 0.337 e. The number of urea groups is 1. The summed E-state index contributed by atoms with van der Waals surface area (Å²) >= 11 is 3.26. The second-order valence-electron chi connectivity index (χ2n) is 11.4. The number of rotatable bonds is 16. The van der Waals surface area contributed by atoms with E-state index in [4.69, 9.17) is 15.2 Å². The number of carboxylic acid groups (broad SMARTS) is 4. The highest BCUT2D eigenvalue weighted by molar-refractivity contribution is 9.10. The Kier molecular flexibility index (Phi) is 18.5. The van der Waals surface area contributed by atoms with Crippen LogP contribution in [0.1, 0.15) is 119 Å². The van der Waals surface area contributed by atoms with Crippen molar-refractivity contribution in [3.05, 3.63) is 82.0 Å². The Bertz CT molecular complexity index is 1590. The van der Waals surface area contributed by atoms with Gasteiger partial charge in [-0.3, -0.25) is 10.1 Å². The van der Waals surface area contributed by atoms with E-state index < -0.39 is 68.7 Å². The van der Waals surface area contributed by atoms with Crippen molar-refractivity contribution < 1.29 is 58.7 Å². The first-order valence-corrected chi connectivity index (χ1v) is 16.0. The van der Waals surface area contributed by atoms with Crippen molar-refractivity contribution in [1.29, 1.82) is 0 Å². The number of benzene rings is 2. The van der Waals surface area contributed by atoms with Gasteiger partial charge in [0.2, 0.25) is 5.91 Å². The minimum absolute atomic E-state index is 0. The van der Waals surface area contributed by atoms with Gasteiger partial charge in [0, 0.05) is 0 Å². The van der Waals surface area contributed by atoms with Crippen LogP contribution in [0.5, 0.6) is 0 Å². The van der Waals surface area contributed by atoms with E-state index >= 15 is 0 Å². The quantitative estimate of drug-likeness (QED) is 0.0742. The number of amides is 3. The summed E-state index contributed by atoms with van der Waals surface area (Å²) in [4.78, 5) is 70.9. The number of carbonyl (C=O) groups is 6. The van der Waals surface area contributed by atoms with Gasteiger partial charge in [-0.05, 0) is 62.8 Å². The second-order valence-corrected chi connectivity index (χ2v) is 13.0. The summed E-state index contributed by atoms with van der Waals surface area (Å²) in [5.41, 5.74) is 3.11. The third-order valence-electron chi connectivity index (χ3n) is 7.42. The van der Waals surface area contributed by atoms with Gasteiger partial charge in [-0.15, -0.1) is 12.4 Å². The van der Waals surface area contributed by atoms with Crippen LogP contribution in [-0.4, -0.2) is 73.8 Å². The number of nitrogens with one attached hydrogen (secondary N) is 1. The lowest BCUT2D eigenvalue weighted by atomic mass is 9.85. The van der Waals surface area contributed by atoms with Gasteiger partial charge in [-0.1, -0.05) is 78.3 Å². The Morgan fingerprint density at radius 3 is 1.27 bits per heavy atom. The Morgan fingerprint density at radius 1 is 0.725 bits per heavy atom. The number of aromatic carboxylic acids is 4. The lowest BCUT2D eigenvalue weighted by Crippen LogP contribution is -2.46. The molecule has 280 valence electrons. The SMILES string of the molecule is C=C(C)COC(C)c1ccc(-c2ccc(C(C)OCC(=C)C)c(C(=O)O)c2C(=O)O)c(C(=O)O)c1C(=O)O.CCC(Br)(CC)C(=O)NC(N)=O.Cl. The van der Waals surface area contributed by atoms with Gasteiger partial charge in [0.25, 0.3) is 0 Å². The Balaban J connectivity index is 0.00000164. The summed E-state index contributed by atoms with van der Waals surface area (Å²) < 4.78 is 10.5. The molecule has 0 aliphatic rings. The lowest BCUT2D eigenvalue weighted by molar-refractivity contribution is -0.122. The van der Waals surface area contributed by atoms with E-state index in [-0.39, 0.29) is 53.8 Å². The molecule has 0 radical (unpaired) electrons. The fourth-order valence-corrected chi connectivity index (χ4v) is 4.88. The molecule has 0 fully saturated rings. The maximum Gasteiger partial charge on any atom is 0.337 e. The average Bonchev–Trinajstić information content (AvgIpc) is 3.03. The molecular formula is C35H44BrClN2O12. The maximum absolute atomic E-state index is 12.4. The molecule has 7 N–H and O–H groups in total. The molecule has 0 aromatic heterocycles. The zero-order valence-electron chi connectivity index (χ0n) is 29.1. The second kappa shape index (κ2) is 20.3. The fourth-order valence-electron chi connectivity index (χ4n) is 4.78. The number of ether oxygens (including phenoxy) is 2. The summed E-state index contributed by atoms with van der Waals surface area (Å²) in [7, 11) is 0. The number of alkyl halides is 1. The topological polar surface area (TPSA) is 240 Å². The van der Waals surface area contributed by atoms with Gasteiger partial charge in [-0.2, -0.15) is 0 Å². The zero-order chi connectivity index (χ0) is 38.7. The largest absolute Gasteiger partial charge is 0.478 e. The predicted molar refractivity (Wildman–Crippen MR) is 195 cm³/mol. The number of halogens is 2. The van der Waals surface area contributed by atoms with Gasteiger partial charge in [-0.25, -0.2) is 24.0 Å². The Hall–Kier alpha value is -4.57. The van der Waals surface area contributed by atoms with Crippen molar-refractivity contribution in [3.63, 3.8) is 0 Å². The molecule has 0 saturated heterocycles. The van der Waals surface area contributed by atoms with E-state index in [2.05, 4.69) is 29.1 Å². The maximum atomic E-state index is 12.4. The number of nitrogens with two attached hydrogens (primary N) is 1. The highest BCUT2D eigenvalue weighted by Crippen LogP contribution is 2.38. The first-order valence-electron chi connectivity index (χ1n) is 15.2. The highest BCUT2D eigenvalue weighted by atomic mass is 79.9. The van der Waals surface area contributed by atoms with Crippen LogP contribution in [-0.2, 0) is 14.3 Å². The van der Waals surface area contributed by atoms with E-state index in [1.807, 2.05) is 19.2 Å². The van der Waals surface area contributed by atoms with E-state index in [9.17, 15) is 49.2 Å². The van der Waals surface area contributed by atoms with Crippen LogP contribution < -0.4 is 11.1 Å². The van der Waals surface area contributed by atoms with Crippen molar-refractivity contribution in [1.82, 2.24) is 5.32 Å². The molecule has 0 spiro atoms. The van der Waals surface area contributed by atoms with Gasteiger partial charge >= 0.3 is 29.9 Å². The van der Waals surface area contributed by atoms with Crippen LogP contribution in [0.2, 0.25) is 0 Å². The molecule has 2 unspecified atom stereocenters. The van der Waals surface area contributed by atoms with Gasteiger partial charge in [0.1, 0.15) is 4.32 Å². The van der Waals surface area contributed by atoms with Crippen molar-refractivity contribution in [2.75, 3.05) is 13.2 Å². The van der Waals surface area contributed by atoms with Crippen LogP contribution in [0.4, 0.5) is 4.79 Å². The van der Waals surface area contributed by atoms with E-state index in [1.54, 1.807) is 27.7 Å². The molecule has 0 aliphatic carbocycles. The molecule has 0 saturated carbocycles. The van der Waals surface area contributed by atoms with Crippen molar-refractivity contribution in [3.8, 4) is 11.1 Å². The molecule has 2 rings (SSSR count). The first kappa shape index (κ1) is 46.4. The van der Waals surface area contributed by atoms with Gasteiger partial charge in [0.05, 0.1) is 47.7 Å². The van der Waals surface area contributed by atoms with Gasteiger partial charge in [0.15, 0.2) is 0 Å². The van der Waals surface area contributed by atoms with Crippen molar-refractivity contribution >= 4 is 64.2 Å². The summed E-state index contributed by atoms with van der Waals surface area (Å²) in [6, 6.07) is 4.34. The van der Waals surface area contributed by atoms with Crippen molar-refractivity contribution in [2.24, 2.45) is 5.73 Å².